The molecular formula is C12H20O4. The van der Waals surface area contributed by atoms with Crippen LogP contribution < -0.4 is 0 Å². The lowest BCUT2D eigenvalue weighted by molar-refractivity contribution is -0.141. The van der Waals surface area contributed by atoms with Crippen molar-refractivity contribution in [3.63, 3.8) is 0 Å². The average molecular weight is 228 g/mol. The summed E-state index contributed by atoms with van der Waals surface area (Å²) in [5.41, 5.74) is 0. The second-order valence-electron chi connectivity index (χ2n) is 4.71. The topological polar surface area (TPSA) is 74.6 Å². The first-order valence-corrected chi connectivity index (χ1v) is 6.03. The number of carbonyl (C=O) groups is 2. The van der Waals surface area contributed by atoms with Crippen molar-refractivity contribution < 1.29 is 19.8 Å². The van der Waals surface area contributed by atoms with E-state index in [1.54, 1.807) is 0 Å². The van der Waals surface area contributed by atoms with Crippen LogP contribution in [0.15, 0.2) is 0 Å². The third-order valence-corrected chi connectivity index (χ3v) is 3.44. The Hall–Kier alpha value is -1.06. The van der Waals surface area contributed by atoms with Crippen molar-refractivity contribution in [1.82, 2.24) is 0 Å². The van der Waals surface area contributed by atoms with Gasteiger partial charge in [0.15, 0.2) is 0 Å². The van der Waals surface area contributed by atoms with E-state index in [1.807, 2.05) is 0 Å². The lowest BCUT2D eigenvalue weighted by Gasteiger charge is -2.23. The van der Waals surface area contributed by atoms with Crippen LogP contribution in [0.2, 0.25) is 0 Å². The van der Waals surface area contributed by atoms with Gasteiger partial charge in [0, 0.05) is 12.8 Å². The SMILES string of the molecule is O=C(O)CC(CC(=O)O)C1CCCCCC1. The molecule has 4 heteroatoms. The van der Waals surface area contributed by atoms with E-state index in [-0.39, 0.29) is 24.7 Å². The van der Waals surface area contributed by atoms with E-state index in [0.29, 0.717) is 0 Å². The van der Waals surface area contributed by atoms with Gasteiger partial charge in [-0.2, -0.15) is 0 Å². The van der Waals surface area contributed by atoms with Crippen molar-refractivity contribution in [3.8, 4) is 0 Å². The molecule has 16 heavy (non-hydrogen) atoms. The predicted octanol–water partition coefficient (Wildman–Crippen LogP) is 2.52. The molecule has 2 N–H and O–H groups in total. The lowest BCUT2D eigenvalue weighted by atomic mass is 9.82. The summed E-state index contributed by atoms with van der Waals surface area (Å²) in [7, 11) is 0. The molecule has 0 aromatic rings. The highest BCUT2D eigenvalue weighted by atomic mass is 16.4. The maximum atomic E-state index is 10.7. The van der Waals surface area contributed by atoms with Crippen LogP contribution in [0.3, 0.4) is 0 Å². The molecule has 0 heterocycles. The van der Waals surface area contributed by atoms with Crippen LogP contribution in [0.5, 0.6) is 0 Å². The first-order valence-electron chi connectivity index (χ1n) is 6.03. The van der Waals surface area contributed by atoms with Crippen LogP contribution in [-0.2, 0) is 9.59 Å². The smallest absolute Gasteiger partial charge is 0.303 e. The summed E-state index contributed by atoms with van der Waals surface area (Å²) in [4.78, 5) is 21.5. The second kappa shape index (κ2) is 6.51. The van der Waals surface area contributed by atoms with Crippen molar-refractivity contribution in [1.29, 1.82) is 0 Å². The molecule has 0 aromatic carbocycles. The van der Waals surface area contributed by atoms with Gasteiger partial charge in [-0.05, 0) is 11.8 Å². The second-order valence-corrected chi connectivity index (χ2v) is 4.71. The van der Waals surface area contributed by atoms with Crippen LogP contribution in [0.25, 0.3) is 0 Å². The van der Waals surface area contributed by atoms with Crippen molar-refractivity contribution in [2.24, 2.45) is 11.8 Å². The van der Waals surface area contributed by atoms with Crippen LogP contribution >= 0.6 is 0 Å². The molecule has 0 spiro atoms. The Balaban J connectivity index is 2.57. The van der Waals surface area contributed by atoms with Gasteiger partial charge in [0.2, 0.25) is 0 Å². The van der Waals surface area contributed by atoms with Crippen LogP contribution in [0, 0.1) is 11.8 Å². The standard InChI is InChI=1S/C12H20O4/c13-11(14)7-10(8-12(15)16)9-5-3-1-2-4-6-9/h9-10H,1-8H2,(H,13,14)(H,15,16). The number of aliphatic carboxylic acids is 2. The Morgan fingerprint density at radius 2 is 1.38 bits per heavy atom. The summed E-state index contributed by atoms with van der Waals surface area (Å²) < 4.78 is 0. The lowest BCUT2D eigenvalue weighted by Crippen LogP contribution is -2.21. The molecule has 0 saturated heterocycles. The third-order valence-electron chi connectivity index (χ3n) is 3.44. The Morgan fingerprint density at radius 1 is 0.938 bits per heavy atom. The third kappa shape index (κ3) is 4.64. The highest BCUT2D eigenvalue weighted by Crippen LogP contribution is 2.32. The predicted molar refractivity (Wildman–Crippen MR) is 59.2 cm³/mol. The molecule has 0 radical (unpaired) electrons. The van der Waals surface area contributed by atoms with Crippen molar-refractivity contribution in [2.45, 2.75) is 51.4 Å². The summed E-state index contributed by atoms with van der Waals surface area (Å²) in [5, 5.41) is 17.6. The minimum absolute atomic E-state index is 0.00301. The van der Waals surface area contributed by atoms with E-state index in [4.69, 9.17) is 10.2 Å². The maximum absolute atomic E-state index is 10.7. The first kappa shape index (κ1) is 13.0. The van der Waals surface area contributed by atoms with Gasteiger partial charge in [0.25, 0.3) is 0 Å². The Morgan fingerprint density at radius 3 is 1.75 bits per heavy atom. The molecular weight excluding hydrogens is 208 g/mol. The largest absolute Gasteiger partial charge is 0.481 e. The molecule has 0 aliphatic heterocycles. The van der Waals surface area contributed by atoms with Gasteiger partial charge in [0.05, 0.1) is 0 Å². The number of hydrogen-bond acceptors (Lipinski definition) is 2. The zero-order valence-electron chi connectivity index (χ0n) is 9.52. The summed E-state index contributed by atoms with van der Waals surface area (Å²) in [6.07, 6.45) is 6.60. The fourth-order valence-corrected chi connectivity index (χ4v) is 2.64. The highest BCUT2D eigenvalue weighted by Gasteiger charge is 2.26. The van der Waals surface area contributed by atoms with Crippen molar-refractivity contribution in [2.75, 3.05) is 0 Å². The van der Waals surface area contributed by atoms with E-state index in [9.17, 15) is 9.59 Å². The van der Waals surface area contributed by atoms with Gasteiger partial charge in [-0.25, -0.2) is 0 Å². The average Bonchev–Trinajstić information content (AvgIpc) is 2.42. The summed E-state index contributed by atoms with van der Waals surface area (Å²) in [6, 6.07) is 0. The zero-order valence-corrected chi connectivity index (χ0v) is 9.52. The molecule has 0 bridgehead atoms. The zero-order chi connectivity index (χ0) is 12.0. The molecule has 1 aliphatic carbocycles. The van der Waals surface area contributed by atoms with Crippen LogP contribution in [0.1, 0.15) is 51.4 Å². The van der Waals surface area contributed by atoms with E-state index >= 15 is 0 Å². The van der Waals surface area contributed by atoms with Gasteiger partial charge in [0.1, 0.15) is 0 Å². The number of hydrogen-bond donors (Lipinski definition) is 2. The van der Waals surface area contributed by atoms with Crippen LogP contribution in [0.4, 0.5) is 0 Å². The van der Waals surface area contributed by atoms with E-state index in [1.165, 1.54) is 12.8 Å². The highest BCUT2D eigenvalue weighted by molar-refractivity contribution is 5.70. The normalized spacial score (nSPS) is 18.3. The molecule has 0 aromatic heterocycles. The molecule has 1 aliphatic rings. The molecule has 0 amide bonds. The summed E-state index contributed by atoms with van der Waals surface area (Å²) >= 11 is 0. The molecule has 92 valence electrons. The molecule has 4 nitrogen and oxygen atoms in total. The first-order chi connectivity index (χ1) is 7.59. The number of carboxylic acid groups (broad SMARTS) is 2. The maximum Gasteiger partial charge on any atom is 0.303 e. The number of carboxylic acids is 2. The van der Waals surface area contributed by atoms with Gasteiger partial charge >= 0.3 is 11.9 Å². The fourth-order valence-electron chi connectivity index (χ4n) is 2.64. The fraction of sp³-hybridized carbons (Fsp3) is 0.833. The van der Waals surface area contributed by atoms with Crippen LogP contribution in [-0.4, -0.2) is 22.2 Å². The van der Waals surface area contributed by atoms with Crippen molar-refractivity contribution in [3.05, 3.63) is 0 Å². The quantitative estimate of drug-likeness (QED) is 0.709. The summed E-state index contributed by atoms with van der Waals surface area (Å²) in [5.74, 6) is -1.66. The summed E-state index contributed by atoms with van der Waals surface area (Å²) in [6.45, 7) is 0. The minimum Gasteiger partial charge on any atom is -0.481 e. The molecule has 1 rings (SSSR count). The Labute approximate surface area is 95.7 Å². The monoisotopic (exact) mass is 228 g/mol. The Bertz CT molecular complexity index is 225. The molecule has 0 unspecified atom stereocenters. The molecule has 1 fully saturated rings. The van der Waals surface area contributed by atoms with Gasteiger partial charge in [-0.3, -0.25) is 9.59 Å². The van der Waals surface area contributed by atoms with E-state index in [0.717, 1.165) is 25.7 Å². The molecule has 1 saturated carbocycles. The van der Waals surface area contributed by atoms with Gasteiger partial charge in [-0.15, -0.1) is 0 Å². The Kier molecular flexibility index (Phi) is 5.29. The van der Waals surface area contributed by atoms with Crippen molar-refractivity contribution >= 4 is 11.9 Å². The van der Waals surface area contributed by atoms with Gasteiger partial charge < -0.3 is 10.2 Å². The van der Waals surface area contributed by atoms with E-state index < -0.39 is 11.9 Å². The van der Waals surface area contributed by atoms with E-state index in [2.05, 4.69) is 0 Å². The molecule has 0 atom stereocenters. The van der Waals surface area contributed by atoms with Gasteiger partial charge in [-0.1, -0.05) is 38.5 Å². The number of rotatable bonds is 5. The minimum atomic E-state index is -0.879.